The quantitative estimate of drug-likeness (QED) is 0.854. The third kappa shape index (κ3) is 3.32. The van der Waals surface area contributed by atoms with Gasteiger partial charge in [0.15, 0.2) is 0 Å². The van der Waals surface area contributed by atoms with Gasteiger partial charge in [-0.3, -0.25) is 4.79 Å². The topological polar surface area (TPSA) is 55.1 Å². The lowest BCUT2D eigenvalue weighted by molar-refractivity contribution is -0.130. The predicted octanol–water partition coefficient (Wildman–Crippen LogP) is 2.00. The first-order valence-corrected chi connectivity index (χ1v) is 6.89. The lowest BCUT2D eigenvalue weighted by Gasteiger charge is -2.25. The number of hydrogen-bond acceptors (Lipinski definition) is 2. The van der Waals surface area contributed by atoms with Crippen molar-refractivity contribution in [2.75, 3.05) is 13.1 Å². The van der Waals surface area contributed by atoms with Crippen molar-refractivity contribution in [1.82, 2.24) is 5.32 Å². The van der Waals surface area contributed by atoms with Gasteiger partial charge in [0.2, 0.25) is 5.91 Å². The van der Waals surface area contributed by atoms with Crippen molar-refractivity contribution < 1.29 is 9.18 Å². The van der Waals surface area contributed by atoms with Gasteiger partial charge < -0.3 is 11.1 Å². The summed E-state index contributed by atoms with van der Waals surface area (Å²) in [5.41, 5.74) is 6.30. The molecule has 1 aromatic carbocycles. The van der Waals surface area contributed by atoms with Crippen LogP contribution in [0.25, 0.3) is 0 Å². The molecule has 1 saturated carbocycles. The van der Waals surface area contributed by atoms with Gasteiger partial charge >= 0.3 is 0 Å². The summed E-state index contributed by atoms with van der Waals surface area (Å²) in [7, 11) is 0. The van der Waals surface area contributed by atoms with Crippen LogP contribution >= 0.6 is 0 Å². The molecule has 1 aliphatic carbocycles. The Morgan fingerprint density at radius 1 is 1.37 bits per heavy atom. The standard InChI is InChI=1S/C15H21FN2O/c16-13-5-3-4-12(10-13)6-9-18-14(19)15(11-17)7-1-2-8-15/h3-5,10H,1-2,6-9,11,17H2,(H,18,19). The van der Waals surface area contributed by atoms with Crippen molar-refractivity contribution in [3.05, 3.63) is 35.6 Å². The third-order valence-electron chi connectivity index (χ3n) is 4.02. The summed E-state index contributed by atoms with van der Waals surface area (Å²) in [6.07, 6.45) is 4.57. The summed E-state index contributed by atoms with van der Waals surface area (Å²) in [5, 5.41) is 2.94. The molecule has 0 aliphatic heterocycles. The molecule has 0 heterocycles. The molecule has 104 valence electrons. The highest BCUT2D eigenvalue weighted by Crippen LogP contribution is 2.37. The van der Waals surface area contributed by atoms with Gasteiger partial charge in [0.1, 0.15) is 5.82 Å². The molecule has 0 radical (unpaired) electrons. The fraction of sp³-hybridized carbons (Fsp3) is 0.533. The second-order valence-corrected chi connectivity index (χ2v) is 5.33. The van der Waals surface area contributed by atoms with Crippen LogP contribution in [0.3, 0.4) is 0 Å². The Morgan fingerprint density at radius 3 is 2.74 bits per heavy atom. The van der Waals surface area contributed by atoms with E-state index < -0.39 is 0 Å². The zero-order valence-electron chi connectivity index (χ0n) is 11.1. The molecule has 1 aliphatic rings. The molecule has 0 saturated heterocycles. The Bertz CT molecular complexity index is 442. The monoisotopic (exact) mass is 264 g/mol. The maximum absolute atomic E-state index is 13.0. The number of hydrogen-bond donors (Lipinski definition) is 2. The van der Waals surface area contributed by atoms with Crippen LogP contribution in [0, 0.1) is 11.2 Å². The summed E-state index contributed by atoms with van der Waals surface area (Å²) in [6.45, 7) is 0.947. The van der Waals surface area contributed by atoms with Crippen molar-refractivity contribution >= 4 is 5.91 Å². The molecule has 1 amide bonds. The molecule has 0 aromatic heterocycles. The minimum atomic E-state index is -0.359. The zero-order chi connectivity index (χ0) is 13.7. The van der Waals surface area contributed by atoms with Gasteiger partial charge in [-0.25, -0.2) is 4.39 Å². The van der Waals surface area contributed by atoms with Crippen molar-refractivity contribution in [2.45, 2.75) is 32.1 Å². The van der Waals surface area contributed by atoms with Gasteiger partial charge in [-0.1, -0.05) is 25.0 Å². The number of nitrogens with two attached hydrogens (primary N) is 1. The van der Waals surface area contributed by atoms with Crippen LogP contribution in [-0.4, -0.2) is 19.0 Å². The van der Waals surface area contributed by atoms with Crippen LogP contribution < -0.4 is 11.1 Å². The first-order valence-electron chi connectivity index (χ1n) is 6.89. The van der Waals surface area contributed by atoms with Crippen LogP contribution in [-0.2, 0) is 11.2 Å². The Morgan fingerprint density at radius 2 is 2.11 bits per heavy atom. The molecule has 3 nitrogen and oxygen atoms in total. The molecule has 0 unspecified atom stereocenters. The third-order valence-corrected chi connectivity index (χ3v) is 4.02. The normalized spacial score (nSPS) is 17.4. The van der Waals surface area contributed by atoms with E-state index in [-0.39, 0.29) is 17.1 Å². The molecule has 3 N–H and O–H groups in total. The van der Waals surface area contributed by atoms with E-state index in [9.17, 15) is 9.18 Å². The maximum Gasteiger partial charge on any atom is 0.227 e. The van der Waals surface area contributed by atoms with E-state index in [1.54, 1.807) is 6.07 Å². The Kier molecular flexibility index (Phi) is 4.53. The van der Waals surface area contributed by atoms with E-state index in [1.165, 1.54) is 12.1 Å². The Balaban J connectivity index is 1.84. The van der Waals surface area contributed by atoms with E-state index in [4.69, 9.17) is 5.73 Å². The largest absolute Gasteiger partial charge is 0.355 e. The Hall–Kier alpha value is -1.42. The Labute approximate surface area is 113 Å². The highest BCUT2D eigenvalue weighted by atomic mass is 19.1. The van der Waals surface area contributed by atoms with E-state index in [0.29, 0.717) is 19.5 Å². The zero-order valence-corrected chi connectivity index (χ0v) is 11.1. The van der Waals surface area contributed by atoms with Crippen molar-refractivity contribution in [3.8, 4) is 0 Å². The van der Waals surface area contributed by atoms with E-state index in [1.807, 2.05) is 6.07 Å². The van der Waals surface area contributed by atoms with Crippen LogP contribution in [0.4, 0.5) is 4.39 Å². The number of carbonyl (C=O) groups excluding carboxylic acids is 1. The van der Waals surface area contributed by atoms with E-state index in [0.717, 1.165) is 31.2 Å². The van der Waals surface area contributed by atoms with Crippen LogP contribution in [0.1, 0.15) is 31.2 Å². The number of rotatable bonds is 5. The van der Waals surface area contributed by atoms with Crippen molar-refractivity contribution in [1.29, 1.82) is 0 Å². The molecule has 0 atom stereocenters. The summed E-state index contributed by atoms with van der Waals surface area (Å²) >= 11 is 0. The van der Waals surface area contributed by atoms with Gasteiger partial charge in [0, 0.05) is 13.1 Å². The molecule has 0 bridgehead atoms. The van der Waals surface area contributed by atoms with Crippen molar-refractivity contribution in [2.24, 2.45) is 11.1 Å². The number of benzene rings is 1. The summed E-state index contributed by atoms with van der Waals surface area (Å²) in [5.74, 6) is -0.179. The summed E-state index contributed by atoms with van der Waals surface area (Å²) in [4.78, 5) is 12.2. The van der Waals surface area contributed by atoms with E-state index >= 15 is 0 Å². The molecule has 2 rings (SSSR count). The lowest BCUT2D eigenvalue weighted by atomic mass is 9.85. The van der Waals surface area contributed by atoms with Gasteiger partial charge in [-0.05, 0) is 37.0 Å². The van der Waals surface area contributed by atoms with Gasteiger partial charge in [-0.2, -0.15) is 0 Å². The lowest BCUT2D eigenvalue weighted by Crippen LogP contribution is -2.44. The number of carbonyl (C=O) groups is 1. The predicted molar refractivity (Wildman–Crippen MR) is 73.1 cm³/mol. The van der Waals surface area contributed by atoms with E-state index in [2.05, 4.69) is 5.32 Å². The minimum absolute atomic E-state index is 0.0592. The molecule has 1 fully saturated rings. The van der Waals surface area contributed by atoms with Crippen LogP contribution in [0.15, 0.2) is 24.3 Å². The van der Waals surface area contributed by atoms with Gasteiger partial charge in [0.05, 0.1) is 5.41 Å². The minimum Gasteiger partial charge on any atom is -0.355 e. The smallest absolute Gasteiger partial charge is 0.227 e. The summed E-state index contributed by atoms with van der Waals surface area (Å²) in [6, 6.07) is 6.47. The second kappa shape index (κ2) is 6.15. The number of halogens is 1. The molecule has 0 spiro atoms. The molecular formula is C15H21FN2O. The first kappa shape index (κ1) is 14.0. The molecule has 19 heavy (non-hydrogen) atoms. The highest BCUT2D eigenvalue weighted by molar-refractivity contribution is 5.83. The van der Waals surface area contributed by atoms with Gasteiger partial charge in [0.25, 0.3) is 0 Å². The fourth-order valence-corrected chi connectivity index (χ4v) is 2.78. The molecular weight excluding hydrogens is 243 g/mol. The fourth-order valence-electron chi connectivity index (χ4n) is 2.78. The summed E-state index contributed by atoms with van der Waals surface area (Å²) < 4.78 is 13.0. The average Bonchev–Trinajstić information content (AvgIpc) is 2.89. The van der Waals surface area contributed by atoms with Crippen LogP contribution in [0.5, 0.6) is 0 Å². The second-order valence-electron chi connectivity index (χ2n) is 5.33. The number of nitrogens with one attached hydrogen (secondary N) is 1. The SMILES string of the molecule is NCC1(C(=O)NCCc2cccc(F)c2)CCCC1. The first-order chi connectivity index (χ1) is 9.16. The average molecular weight is 264 g/mol. The van der Waals surface area contributed by atoms with Crippen LogP contribution in [0.2, 0.25) is 0 Å². The molecule has 4 heteroatoms. The molecule has 1 aromatic rings. The maximum atomic E-state index is 13.0. The number of amides is 1. The van der Waals surface area contributed by atoms with Gasteiger partial charge in [-0.15, -0.1) is 0 Å². The van der Waals surface area contributed by atoms with Crippen molar-refractivity contribution in [3.63, 3.8) is 0 Å². The highest BCUT2D eigenvalue weighted by Gasteiger charge is 2.39.